The second-order valence-corrected chi connectivity index (χ2v) is 9.31. The van der Waals surface area contributed by atoms with Gasteiger partial charge in [-0.2, -0.15) is 0 Å². The fraction of sp³-hybridized carbons (Fsp3) is 0.920. The molecule has 0 heterocycles. The minimum atomic E-state index is 0.908. The van der Waals surface area contributed by atoms with Gasteiger partial charge in [0.2, 0.25) is 0 Å². The number of unbranched alkanes of at least 4 members (excludes halogenated alkanes) is 3. The fourth-order valence-corrected chi connectivity index (χ4v) is 5.29. The first-order valence-corrected chi connectivity index (χ1v) is 12.0. The monoisotopic (exact) mass is 346 g/mol. The Morgan fingerprint density at radius 3 is 1.56 bits per heavy atom. The summed E-state index contributed by atoms with van der Waals surface area (Å²) in [6.07, 6.45) is 30.1. The number of hydrogen-bond acceptors (Lipinski definition) is 0. The molecule has 0 N–H and O–H groups in total. The lowest BCUT2D eigenvalue weighted by molar-refractivity contribution is 0.240. The van der Waals surface area contributed by atoms with Gasteiger partial charge in [0.25, 0.3) is 0 Å². The fourth-order valence-electron chi connectivity index (χ4n) is 5.29. The van der Waals surface area contributed by atoms with Gasteiger partial charge in [0.15, 0.2) is 0 Å². The van der Waals surface area contributed by atoms with Crippen LogP contribution in [0.1, 0.15) is 123 Å². The first-order valence-electron chi connectivity index (χ1n) is 12.0. The molecular weight excluding hydrogens is 300 g/mol. The third kappa shape index (κ3) is 8.78. The minimum absolute atomic E-state index is 0.908. The lowest BCUT2D eigenvalue weighted by atomic mass is 9.77. The SMILES string of the molecule is CCCC=CC1CCC(CCCC[C@H]2CC[C@H](CCCC)CC2)CC1. The molecule has 0 aromatic rings. The molecule has 2 aliphatic carbocycles. The van der Waals surface area contributed by atoms with Gasteiger partial charge in [0.05, 0.1) is 0 Å². The predicted molar refractivity (Wildman–Crippen MR) is 113 cm³/mol. The summed E-state index contributed by atoms with van der Waals surface area (Å²) in [5.41, 5.74) is 0. The number of hydrogen-bond donors (Lipinski definition) is 0. The molecule has 146 valence electrons. The molecule has 0 aromatic carbocycles. The Labute approximate surface area is 159 Å². The molecule has 0 unspecified atom stereocenters. The maximum atomic E-state index is 2.52. The smallest absolute Gasteiger partial charge is 0.0233 e. The van der Waals surface area contributed by atoms with Crippen LogP contribution in [0, 0.1) is 23.7 Å². The van der Waals surface area contributed by atoms with Gasteiger partial charge in [-0.15, -0.1) is 0 Å². The van der Waals surface area contributed by atoms with Crippen LogP contribution in [0.2, 0.25) is 0 Å². The molecule has 0 spiro atoms. The van der Waals surface area contributed by atoms with Crippen LogP contribution in [0.5, 0.6) is 0 Å². The van der Waals surface area contributed by atoms with Crippen LogP contribution in [0.25, 0.3) is 0 Å². The van der Waals surface area contributed by atoms with E-state index < -0.39 is 0 Å². The molecule has 0 heteroatoms. The van der Waals surface area contributed by atoms with Crippen LogP contribution in [0.15, 0.2) is 12.2 Å². The second kappa shape index (κ2) is 13.0. The third-order valence-electron chi connectivity index (χ3n) is 7.16. The Balaban J connectivity index is 1.46. The van der Waals surface area contributed by atoms with E-state index in [2.05, 4.69) is 26.0 Å². The normalized spacial score (nSPS) is 30.8. The molecule has 0 atom stereocenters. The summed E-state index contributed by atoms with van der Waals surface area (Å²) in [6.45, 7) is 4.61. The van der Waals surface area contributed by atoms with Gasteiger partial charge in [-0.1, -0.05) is 103 Å². The van der Waals surface area contributed by atoms with Crippen LogP contribution >= 0.6 is 0 Å². The highest BCUT2D eigenvalue weighted by Crippen LogP contribution is 2.36. The average molecular weight is 347 g/mol. The van der Waals surface area contributed by atoms with Gasteiger partial charge in [-0.05, 0) is 55.8 Å². The first-order chi connectivity index (χ1) is 12.3. The predicted octanol–water partition coefficient (Wildman–Crippen LogP) is 8.71. The maximum absolute atomic E-state index is 2.52. The summed E-state index contributed by atoms with van der Waals surface area (Å²) in [5, 5.41) is 0. The highest BCUT2D eigenvalue weighted by atomic mass is 14.3. The Bertz CT molecular complexity index is 326. The Hall–Kier alpha value is -0.260. The lowest BCUT2D eigenvalue weighted by Crippen LogP contribution is -2.15. The van der Waals surface area contributed by atoms with Crippen LogP contribution < -0.4 is 0 Å². The molecule has 2 saturated carbocycles. The van der Waals surface area contributed by atoms with Crippen LogP contribution in [0.4, 0.5) is 0 Å². The van der Waals surface area contributed by atoms with Crippen LogP contribution in [0.3, 0.4) is 0 Å². The quantitative estimate of drug-likeness (QED) is 0.259. The van der Waals surface area contributed by atoms with Crippen molar-refractivity contribution < 1.29 is 0 Å². The minimum Gasteiger partial charge on any atom is -0.0883 e. The van der Waals surface area contributed by atoms with Crippen molar-refractivity contribution in [3.05, 3.63) is 12.2 Å². The lowest BCUT2D eigenvalue weighted by Gasteiger charge is -2.29. The molecule has 2 aliphatic rings. The number of allylic oxidation sites excluding steroid dienone is 2. The van der Waals surface area contributed by atoms with Crippen molar-refractivity contribution in [1.29, 1.82) is 0 Å². The number of rotatable bonds is 11. The van der Waals surface area contributed by atoms with Gasteiger partial charge < -0.3 is 0 Å². The first kappa shape index (κ1) is 21.0. The molecule has 25 heavy (non-hydrogen) atoms. The van der Waals surface area contributed by atoms with Crippen molar-refractivity contribution >= 4 is 0 Å². The van der Waals surface area contributed by atoms with E-state index in [-0.39, 0.29) is 0 Å². The molecule has 0 bridgehead atoms. The molecule has 2 rings (SSSR count). The molecular formula is C25H46. The molecule has 0 aromatic heterocycles. The van der Waals surface area contributed by atoms with Gasteiger partial charge in [-0.25, -0.2) is 0 Å². The zero-order chi connectivity index (χ0) is 17.7. The summed E-state index contributed by atoms with van der Waals surface area (Å²) < 4.78 is 0. The molecule has 0 amide bonds. The van der Waals surface area contributed by atoms with Gasteiger partial charge in [0.1, 0.15) is 0 Å². The average Bonchev–Trinajstić information content (AvgIpc) is 2.66. The second-order valence-electron chi connectivity index (χ2n) is 9.31. The standard InChI is InChI=1S/C25H46/c1-3-5-7-11-23-18-20-25(21-19-23)13-9-8-12-24-16-14-22(15-17-24)10-6-4-2/h7,11,22-25H,3-6,8-10,12-21H2,1-2H3/t22-,23?,24-,25?. The van der Waals surface area contributed by atoms with Crippen molar-refractivity contribution in [2.45, 2.75) is 123 Å². The van der Waals surface area contributed by atoms with Crippen molar-refractivity contribution in [2.24, 2.45) is 23.7 Å². The summed E-state index contributed by atoms with van der Waals surface area (Å²) in [4.78, 5) is 0. The van der Waals surface area contributed by atoms with E-state index >= 15 is 0 Å². The Morgan fingerprint density at radius 2 is 1.08 bits per heavy atom. The highest BCUT2D eigenvalue weighted by Gasteiger charge is 2.21. The van der Waals surface area contributed by atoms with E-state index in [4.69, 9.17) is 0 Å². The third-order valence-corrected chi connectivity index (χ3v) is 7.16. The topological polar surface area (TPSA) is 0 Å². The van der Waals surface area contributed by atoms with Crippen molar-refractivity contribution in [2.75, 3.05) is 0 Å². The van der Waals surface area contributed by atoms with Gasteiger partial charge in [-0.3, -0.25) is 0 Å². The molecule has 0 saturated heterocycles. The molecule has 2 fully saturated rings. The van der Waals surface area contributed by atoms with Crippen molar-refractivity contribution in [3.63, 3.8) is 0 Å². The van der Waals surface area contributed by atoms with E-state index in [0.717, 1.165) is 23.7 Å². The summed E-state index contributed by atoms with van der Waals surface area (Å²) in [5.74, 6) is 4.13. The van der Waals surface area contributed by atoms with Crippen molar-refractivity contribution in [3.8, 4) is 0 Å². The van der Waals surface area contributed by atoms with Gasteiger partial charge >= 0.3 is 0 Å². The zero-order valence-corrected chi connectivity index (χ0v) is 17.5. The van der Waals surface area contributed by atoms with Crippen molar-refractivity contribution in [1.82, 2.24) is 0 Å². The van der Waals surface area contributed by atoms with E-state index in [1.54, 1.807) is 25.7 Å². The maximum Gasteiger partial charge on any atom is -0.0233 e. The molecule has 0 radical (unpaired) electrons. The largest absolute Gasteiger partial charge is 0.0883 e. The Morgan fingerprint density at radius 1 is 0.600 bits per heavy atom. The Kier molecular flexibility index (Phi) is 10.9. The van der Waals surface area contributed by atoms with E-state index in [1.165, 1.54) is 83.5 Å². The van der Waals surface area contributed by atoms with E-state index in [0.29, 0.717) is 0 Å². The van der Waals surface area contributed by atoms with Crippen LogP contribution in [-0.4, -0.2) is 0 Å². The molecule has 0 aliphatic heterocycles. The molecule has 0 nitrogen and oxygen atoms in total. The summed E-state index contributed by atoms with van der Waals surface area (Å²) in [6, 6.07) is 0. The van der Waals surface area contributed by atoms with E-state index in [9.17, 15) is 0 Å². The summed E-state index contributed by atoms with van der Waals surface area (Å²) in [7, 11) is 0. The van der Waals surface area contributed by atoms with Gasteiger partial charge in [0, 0.05) is 0 Å². The van der Waals surface area contributed by atoms with Crippen LogP contribution in [-0.2, 0) is 0 Å². The highest BCUT2D eigenvalue weighted by molar-refractivity contribution is 4.90. The zero-order valence-electron chi connectivity index (χ0n) is 17.5. The summed E-state index contributed by atoms with van der Waals surface area (Å²) >= 11 is 0. The van der Waals surface area contributed by atoms with E-state index in [1.807, 2.05) is 0 Å².